The zero-order valence-corrected chi connectivity index (χ0v) is 6.64. The summed E-state index contributed by atoms with van der Waals surface area (Å²) in [6.45, 7) is 0. The van der Waals surface area contributed by atoms with Gasteiger partial charge in [0.1, 0.15) is 0 Å². The fourth-order valence-corrected chi connectivity index (χ4v) is 1.05. The Morgan fingerprint density at radius 1 is 1.09 bits per heavy atom. The summed E-state index contributed by atoms with van der Waals surface area (Å²) in [6, 6.07) is 10.4. The van der Waals surface area contributed by atoms with Crippen LogP contribution in [-0.2, 0) is 6.42 Å². The lowest BCUT2D eigenvalue weighted by atomic mass is 10.1. The number of halogens is 1. The number of aryl methyl sites for hydroxylation is 1. The van der Waals surface area contributed by atoms with Crippen LogP contribution in [0.3, 0.4) is 0 Å². The highest BCUT2D eigenvalue weighted by atomic mass is 35.5. The van der Waals surface area contributed by atoms with Crippen molar-refractivity contribution in [1.82, 2.24) is 0 Å². The highest BCUT2D eigenvalue weighted by molar-refractivity contribution is 6.17. The van der Waals surface area contributed by atoms with Gasteiger partial charge >= 0.3 is 0 Å². The van der Waals surface area contributed by atoms with E-state index in [1.165, 1.54) is 5.56 Å². The summed E-state index contributed by atoms with van der Waals surface area (Å²) in [6.07, 6.45) is 2.18. The molecular weight excluding hydrogens is 172 g/mol. The molecule has 0 N–H and O–H groups in total. The van der Waals surface area contributed by atoms with Crippen molar-refractivity contribution in [3.63, 3.8) is 0 Å². The molecule has 0 atom stereocenters. The van der Waals surface area contributed by atoms with Crippen LogP contribution >= 0.6 is 11.6 Å². The Morgan fingerprint density at radius 3 is 2.27 bits per heavy atom. The lowest BCUT2D eigenvalue weighted by molar-refractivity contribution is 0.929. The van der Waals surface area contributed by atoms with Gasteiger partial charge in [-0.3, -0.25) is 0 Å². The Labute approximate surface area is 77.6 Å². The van der Waals surface area contributed by atoms with E-state index in [9.17, 15) is 0 Å². The van der Waals surface area contributed by atoms with Crippen LogP contribution in [-0.4, -0.2) is 16.8 Å². The number of hydrogen-bond acceptors (Lipinski definition) is 0. The monoisotopic (exact) mass is 186 g/mol. The second kappa shape index (κ2) is 6.44. The SMILES string of the molecule is ClCCCc1ccccc1.[SiH4]. The topological polar surface area (TPSA) is 0 Å². The van der Waals surface area contributed by atoms with E-state index < -0.39 is 0 Å². The first-order chi connectivity index (χ1) is 4.93. The van der Waals surface area contributed by atoms with Gasteiger partial charge in [0.15, 0.2) is 0 Å². The summed E-state index contributed by atoms with van der Waals surface area (Å²) >= 11 is 5.55. The van der Waals surface area contributed by atoms with Gasteiger partial charge in [-0.15, -0.1) is 11.6 Å². The molecule has 0 radical (unpaired) electrons. The van der Waals surface area contributed by atoms with Crippen molar-refractivity contribution in [1.29, 1.82) is 0 Å². The van der Waals surface area contributed by atoms with E-state index in [-0.39, 0.29) is 11.0 Å². The quantitative estimate of drug-likeness (QED) is 0.495. The van der Waals surface area contributed by atoms with Crippen molar-refractivity contribution in [2.45, 2.75) is 12.8 Å². The maximum atomic E-state index is 5.55. The number of hydrogen-bond donors (Lipinski definition) is 0. The maximum absolute atomic E-state index is 5.55. The van der Waals surface area contributed by atoms with E-state index in [4.69, 9.17) is 11.6 Å². The van der Waals surface area contributed by atoms with Crippen LogP contribution in [0.5, 0.6) is 0 Å². The van der Waals surface area contributed by atoms with Gasteiger partial charge in [0, 0.05) is 5.88 Å². The van der Waals surface area contributed by atoms with Crippen molar-refractivity contribution in [3.05, 3.63) is 35.9 Å². The minimum absolute atomic E-state index is 0. The summed E-state index contributed by atoms with van der Waals surface area (Å²) in [5, 5.41) is 0. The molecule has 1 aromatic rings. The molecule has 0 nitrogen and oxygen atoms in total. The molecule has 0 saturated heterocycles. The fourth-order valence-electron chi connectivity index (χ4n) is 0.916. The predicted molar refractivity (Wildman–Crippen MR) is 56.8 cm³/mol. The molecule has 0 unspecified atom stereocenters. The van der Waals surface area contributed by atoms with Crippen molar-refractivity contribution in [2.24, 2.45) is 0 Å². The smallest absolute Gasteiger partial charge is 0.0226 e. The third-order valence-corrected chi connectivity index (χ3v) is 1.71. The van der Waals surface area contributed by atoms with Crippen LogP contribution in [0.4, 0.5) is 0 Å². The second-order valence-corrected chi connectivity index (χ2v) is 2.66. The predicted octanol–water partition coefficient (Wildman–Crippen LogP) is 1.41. The largest absolute Gasteiger partial charge is 0.127 e. The zero-order valence-electron chi connectivity index (χ0n) is 5.89. The third kappa shape index (κ3) is 4.22. The number of rotatable bonds is 3. The zero-order chi connectivity index (χ0) is 7.23. The van der Waals surface area contributed by atoms with Crippen LogP contribution < -0.4 is 0 Å². The molecule has 2 heteroatoms. The Hall–Kier alpha value is -0.273. The van der Waals surface area contributed by atoms with Crippen molar-refractivity contribution >= 4 is 22.6 Å². The van der Waals surface area contributed by atoms with Crippen LogP contribution in [0.2, 0.25) is 0 Å². The summed E-state index contributed by atoms with van der Waals surface area (Å²) in [5.74, 6) is 0.759. The molecule has 0 saturated carbocycles. The second-order valence-electron chi connectivity index (χ2n) is 2.28. The van der Waals surface area contributed by atoms with E-state index >= 15 is 0 Å². The summed E-state index contributed by atoms with van der Waals surface area (Å²) < 4.78 is 0. The highest BCUT2D eigenvalue weighted by Gasteiger charge is 1.88. The first kappa shape index (κ1) is 10.7. The lowest BCUT2D eigenvalue weighted by Crippen LogP contribution is -1.83. The summed E-state index contributed by atoms with van der Waals surface area (Å²) in [4.78, 5) is 0. The summed E-state index contributed by atoms with van der Waals surface area (Å²) in [7, 11) is 0. The molecule has 0 aliphatic heterocycles. The summed E-state index contributed by atoms with van der Waals surface area (Å²) in [5.41, 5.74) is 1.38. The van der Waals surface area contributed by atoms with E-state index in [1.54, 1.807) is 0 Å². The first-order valence-corrected chi connectivity index (χ1v) is 4.07. The average Bonchev–Trinajstić information content (AvgIpc) is 2.03. The van der Waals surface area contributed by atoms with Gasteiger partial charge in [-0.1, -0.05) is 30.3 Å². The van der Waals surface area contributed by atoms with Gasteiger partial charge in [-0.05, 0) is 29.4 Å². The molecule has 0 heterocycles. The molecule has 0 bridgehead atoms. The van der Waals surface area contributed by atoms with Crippen molar-refractivity contribution in [3.8, 4) is 0 Å². The molecule has 1 rings (SSSR count). The molecule has 0 aliphatic carbocycles. The van der Waals surface area contributed by atoms with Gasteiger partial charge in [0.05, 0.1) is 0 Å². The molecule has 11 heavy (non-hydrogen) atoms. The first-order valence-electron chi connectivity index (χ1n) is 3.53. The fraction of sp³-hybridized carbons (Fsp3) is 0.333. The molecule has 0 aliphatic rings. The Bertz CT molecular complexity index is 174. The maximum Gasteiger partial charge on any atom is 0.0226 e. The van der Waals surface area contributed by atoms with Gasteiger partial charge < -0.3 is 0 Å². The van der Waals surface area contributed by atoms with Crippen LogP contribution in [0, 0.1) is 0 Å². The lowest BCUT2D eigenvalue weighted by Gasteiger charge is -1.95. The van der Waals surface area contributed by atoms with Gasteiger partial charge in [0.2, 0.25) is 0 Å². The van der Waals surface area contributed by atoms with Gasteiger partial charge in [-0.25, -0.2) is 0 Å². The van der Waals surface area contributed by atoms with E-state index in [1.807, 2.05) is 6.07 Å². The minimum atomic E-state index is 0. The minimum Gasteiger partial charge on any atom is -0.127 e. The molecule has 62 valence electrons. The molecule has 0 spiro atoms. The van der Waals surface area contributed by atoms with Crippen molar-refractivity contribution < 1.29 is 0 Å². The Kier molecular flexibility index (Phi) is 6.28. The van der Waals surface area contributed by atoms with E-state index in [0.29, 0.717) is 0 Å². The average molecular weight is 187 g/mol. The van der Waals surface area contributed by atoms with Crippen LogP contribution in [0.15, 0.2) is 30.3 Å². The molecule has 0 aromatic heterocycles. The standard InChI is InChI=1S/C9H11Cl.H4Si/c10-8-4-7-9-5-2-1-3-6-9;/h1-3,5-6H,4,7-8H2;1H4. The van der Waals surface area contributed by atoms with Crippen molar-refractivity contribution in [2.75, 3.05) is 5.88 Å². The van der Waals surface area contributed by atoms with Crippen LogP contribution in [0.1, 0.15) is 12.0 Å². The van der Waals surface area contributed by atoms with Crippen LogP contribution in [0.25, 0.3) is 0 Å². The van der Waals surface area contributed by atoms with E-state index in [2.05, 4.69) is 24.3 Å². The third-order valence-electron chi connectivity index (χ3n) is 1.44. The van der Waals surface area contributed by atoms with Gasteiger partial charge in [-0.2, -0.15) is 0 Å². The normalized spacial score (nSPS) is 8.82. The molecule has 1 aromatic carbocycles. The highest BCUT2D eigenvalue weighted by Crippen LogP contribution is 2.02. The van der Waals surface area contributed by atoms with E-state index in [0.717, 1.165) is 18.7 Å². The van der Waals surface area contributed by atoms with Gasteiger partial charge in [0.25, 0.3) is 0 Å². The number of alkyl halides is 1. The molecular formula is C9H15ClSi. The molecule has 0 amide bonds. The number of benzene rings is 1. The molecule has 0 fully saturated rings. The Morgan fingerprint density at radius 2 is 1.73 bits per heavy atom. The Balaban J connectivity index is 0.000001000.